The van der Waals surface area contributed by atoms with E-state index in [1.54, 1.807) is 11.1 Å². The second kappa shape index (κ2) is 2.01. The Hall–Kier alpha value is -1.04. The summed E-state index contributed by atoms with van der Waals surface area (Å²) >= 11 is 0. The summed E-state index contributed by atoms with van der Waals surface area (Å²) in [5.74, 6) is 1.48. The van der Waals surface area contributed by atoms with Crippen molar-refractivity contribution in [3.8, 4) is 0 Å². The Morgan fingerprint density at radius 3 is 2.83 bits per heavy atom. The zero-order valence-corrected chi connectivity index (χ0v) is 7.25. The average molecular weight is 156 g/mol. The van der Waals surface area contributed by atoms with E-state index in [0.717, 1.165) is 11.8 Å². The summed E-state index contributed by atoms with van der Waals surface area (Å²) in [6.07, 6.45) is 6.08. The van der Waals surface area contributed by atoms with Crippen molar-refractivity contribution < 1.29 is 0 Å². The van der Waals surface area contributed by atoms with Gasteiger partial charge in [0.05, 0.1) is 0 Å². The van der Waals surface area contributed by atoms with Gasteiger partial charge in [-0.25, -0.2) is 0 Å². The molecule has 0 heteroatoms. The van der Waals surface area contributed by atoms with Gasteiger partial charge in [-0.05, 0) is 30.0 Å². The van der Waals surface area contributed by atoms with Crippen molar-refractivity contribution in [2.45, 2.75) is 25.2 Å². The van der Waals surface area contributed by atoms with Gasteiger partial charge in [-0.3, -0.25) is 0 Å². The zero-order chi connectivity index (χ0) is 8.13. The van der Waals surface area contributed by atoms with Crippen LogP contribution >= 0.6 is 0 Å². The molecule has 0 unspecified atom stereocenters. The highest BCUT2D eigenvalue weighted by Gasteiger charge is 2.32. The lowest BCUT2D eigenvalue weighted by Gasteiger charge is -2.12. The van der Waals surface area contributed by atoms with E-state index in [0.29, 0.717) is 0 Å². The molecule has 3 rings (SSSR count). The summed E-state index contributed by atoms with van der Waals surface area (Å²) in [6.45, 7) is 2.23. The van der Waals surface area contributed by atoms with Crippen LogP contribution in [0.2, 0.25) is 0 Å². The maximum atomic E-state index is 2.38. The highest BCUT2D eigenvalue weighted by atomic mass is 14.4. The lowest BCUT2D eigenvalue weighted by molar-refractivity contribution is 0.803. The highest BCUT2D eigenvalue weighted by Crippen LogP contribution is 2.49. The fraction of sp³-hybridized carbons (Fsp3) is 0.333. The van der Waals surface area contributed by atoms with E-state index in [1.165, 1.54) is 12.0 Å². The van der Waals surface area contributed by atoms with Gasteiger partial charge in [0.25, 0.3) is 0 Å². The summed E-state index contributed by atoms with van der Waals surface area (Å²) in [5, 5.41) is 0. The van der Waals surface area contributed by atoms with Crippen molar-refractivity contribution in [1.82, 2.24) is 0 Å². The van der Waals surface area contributed by atoms with Gasteiger partial charge in [0, 0.05) is 11.8 Å². The van der Waals surface area contributed by atoms with Gasteiger partial charge < -0.3 is 0 Å². The number of fused-ring (bicyclic) bond motifs is 5. The molecule has 0 saturated carbocycles. The van der Waals surface area contributed by atoms with Gasteiger partial charge in [-0.15, -0.1) is 0 Å². The van der Waals surface area contributed by atoms with Crippen molar-refractivity contribution in [3.63, 3.8) is 0 Å². The van der Waals surface area contributed by atoms with Crippen LogP contribution in [0.25, 0.3) is 0 Å². The van der Waals surface area contributed by atoms with E-state index in [-0.39, 0.29) is 0 Å². The molecule has 1 aromatic rings. The molecule has 0 nitrogen and oxygen atoms in total. The minimum atomic E-state index is 0.741. The van der Waals surface area contributed by atoms with E-state index >= 15 is 0 Å². The molecule has 60 valence electrons. The van der Waals surface area contributed by atoms with Gasteiger partial charge in [-0.1, -0.05) is 30.4 Å². The molecule has 0 spiro atoms. The van der Waals surface area contributed by atoms with Crippen LogP contribution in [0.3, 0.4) is 0 Å². The van der Waals surface area contributed by atoms with Crippen LogP contribution in [0.1, 0.15) is 34.9 Å². The van der Waals surface area contributed by atoms with E-state index in [2.05, 4.69) is 37.3 Å². The predicted molar refractivity (Wildman–Crippen MR) is 50.4 cm³/mol. The van der Waals surface area contributed by atoms with E-state index in [9.17, 15) is 0 Å². The lowest BCUT2D eigenvalue weighted by atomic mass is 9.93. The molecule has 0 fully saturated rings. The number of rotatable bonds is 0. The van der Waals surface area contributed by atoms with Crippen molar-refractivity contribution in [2.24, 2.45) is 0 Å². The first-order valence-corrected chi connectivity index (χ1v) is 4.64. The number of aryl methyl sites for hydroxylation is 1. The van der Waals surface area contributed by atoms with Crippen LogP contribution in [0.4, 0.5) is 0 Å². The third-order valence-electron chi connectivity index (χ3n) is 3.21. The molecule has 2 atom stereocenters. The Labute approximate surface area is 72.9 Å². The smallest absolute Gasteiger partial charge is 0.00325 e. The van der Waals surface area contributed by atoms with Crippen molar-refractivity contribution >= 4 is 0 Å². The number of hydrogen-bond donors (Lipinski definition) is 0. The topological polar surface area (TPSA) is 0 Å². The van der Waals surface area contributed by atoms with Crippen LogP contribution in [-0.2, 0) is 0 Å². The molecule has 0 aliphatic heterocycles. The molecule has 2 bridgehead atoms. The Morgan fingerprint density at radius 2 is 2.00 bits per heavy atom. The molecular weight excluding hydrogens is 144 g/mol. The zero-order valence-electron chi connectivity index (χ0n) is 7.25. The predicted octanol–water partition coefficient (Wildman–Crippen LogP) is 3.14. The molecule has 0 amide bonds. The fourth-order valence-electron chi connectivity index (χ4n) is 2.68. The second-order valence-electron chi connectivity index (χ2n) is 3.91. The van der Waals surface area contributed by atoms with Crippen LogP contribution < -0.4 is 0 Å². The SMILES string of the molecule is Cc1cccc2c1[C@H]1C=C[C@@H]2C1. The Balaban J connectivity index is 2.30. The Bertz CT molecular complexity index is 360. The normalized spacial score (nSPS) is 29.4. The first-order valence-electron chi connectivity index (χ1n) is 4.64. The summed E-state index contributed by atoms with van der Waals surface area (Å²) in [4.78, 5) is 0. The molecule has 0 saturated heterocycles. The van der Waals surface area contributed by atoms with Crippen LogP contribution in [0.5, 0.6) is 0 Å². The molecular formula is C12H12. The average Bonchev–Trinajstić information content (AvgIpc) is 2.64. The molecule has 0 heterocycles. The van der Waals surface area contributed by atoms with Crippen molar-refractivity contribution in [2.75, 3.05) is 0 Å². The van der Waals surface area contributed by atoms with Crippen LogP contribution in [0.15, 0.2) is 30.4 Å². The van der Waals surface area contributed by atoms with Crippen molar-refractivity contribution in [3.05, 3.63) is 47.0 Å². The highest BCUT2D eigenvalue weighted by molar-refractivity contribution is 5.50. The van der Waals surface area contributed by atoms with Crippen LogP contribution in [0, 0.1) is 6.92 Å². The van der Waals surface area contributed by atoms with Gasteiger partial charge in [0.15, 0.2) is 0 Å². The first kappa shape index (κ1) is 6.47. The summed E-state index contributed by atoms with van der Waals surface area (Å²) in [7, 11) is 0. The largest absolute Gasteiger partial charge is 0.0804 e. The molecule has 1 aromatic carbocycles. The molecule has 2 aliphatic carbocycles. The van der Waals surface area contributed by atoms with Crippen molar-refractivity contribution in [1.29, 1.82) is 0 Å². The maximum Gasteiger partial charge on any atom is 0.00325 e. The lowest BCUT2D eigenvalue weighted by Crippen LogP contribution is -1.94. The molecule has 12 heavy (non-hydrogen) atoms. The van der Waals surface area contributed by atoms with Gasteiger partial charge >= 0.3 is 0 Å². The number of allylic oxidation sites excluding steroid dienone is 2. The monoisotopic (exact) mass is 156 g/mol. The first-order chi connectivity index (χ1) is 5.86. The van der Waals surface area contributed by atoms with E-state index in [4.69, 9.17) is 0 Å². The Morgan fingerprint density at radius 1 is 1.17 bits per heavy atom. The summed E-state index contributed by atoms with van der Waals surface area (Å²) < 4.78 is 0. The van der Waals surface area contributed by atoms with E-state index in [1.807, 2.05) is 0 Å². The third kappa shape index (κ3) is 0.632. The Kier molecular flexibility index (Phi) is 1.08. The van der Waals surface area contributed by atoms with Gasteiger partial charge in [0.1, 0.15) is 0 Å². The van der Waals surface area contributed by atoms with Gasteiger partial charge in [0.2, 0.25) is 0 Å². The standard InChI is InChI=1S/C12H12/c1-8-3-2-4-11-9-5-6-10(7-9)12(8)11/h2-6,9-10H,7H2,1H3/t9-,10+/m1/s1. The molecule has 2 aliphatic rings. The minimum Gasteiger partial charge on any atom is -0.0804 e. The van der Waals surface area contributed by atoms with Crippen LogP contribution in [-0.4, -0.2) is 0 Å². The summed E-state index contributed by atoms with van der Waals surface area (Å²) in [5.41, 5.74) is 4.68. The fourth-order valence-corrected chi connectivity index (χ4v) is 2.68. The molecule has 0 radical (unpaired) electrons. The quantitative estimate of drug-likeness (QED) is 0.506. The minimum absolute atomic E-state index is 0.741. The number of hydrogen-bond acceptors (Lipinski definition) is 0. The third-order valence-corrected chi connectivity index (χ3v) is 3.21. The summed E-state index contributed by atoms with van der Waals surface area (Å²) in [6, 6.07) is 6.70. The molecule has 0 aromatic heterocycles. The number of benzene rings is 1. The second-order valence-corrected chi connectivity index (χ2v) is 3.91. The maximum absolute atomic E-state index is 2.38. The van der Waals surface area contributed by atoms with Gasteiger partial charge in [-0.2, -0.15) is 0 Å². The van der Waals surface area contributed by atoms with E-state index < -0.39 is 0 Å². The molecule has 0 N–H and O–H groups in total.